The first-order chi connectivity index (χ1) is 9.70. The van der Waals surface area contributed by atoms with Gasteiger partial charge in [-0.1, -0.05) is 0 Å². The van der Waals surface area contributed by atoms with Crippen LogP contribution in [0, 0.1) is 16.0 Å². The fourth-order valence-electron chi connectivity index (χ4n) is 2.38. The highest BCUT2D eigenvalue weighted by molar-refractivity contribution is 7.99. The fourth-order valence-corrected chi connectivity index (χ4v) is 3.58. The summed E-state index contributed by atoms with van der Waals surface area (Å²) in [6.45, 7) is 1.57. The van der Waals surface area contributed by atoms with Crippen molar-refractivity contribution < 1.29 is 9.66 Å². The topological polar surface area (TPSA) is 64.4 Å². The molecule has 0 radical (unpaired) electrons. The molecule has 0 amide bonds. The predicted molar refractivity (Wildman–Crippen MR) is 81.4 cm³/mol. The highest BCUT2D eigenvalue weighted by atomic mass is 32.2. The van der Waals surface area contributed by atoms with E-state index >= 15 is 0 Å². The number of non-ortho nitro benzene ring substituents is 1. The molecule has 1 saturated heterocycles. The lowest BCUT2D eigenvalue weighted by Gasteiger charge is -2.21. The van der Waals surface area contributed by atoms with Crippen LogP contribution in [0.2, 0.25) is 0 Å². The first-order valence-electron chi connectivity index (χ1n) is 6.80. The van der Waals surface area contributed by atoms with Gasteiger partial charge in [0.05, 0.1) is 12.0 Å². The third-order valence-electron chi connectivity index (χ3n) is 3.56. The third-order valence-corrected chi connectivity index (χ3v) is 4.61. The second-order valence-electron chi connectivity index (χ2n) is 4.94. The van der Waals surface area contributed by atoms with E-state index in [0.29, 0.717) is 12.3 Å². The lowest BCUT2D eigenvalue weighted by molar-refractivity contribution is -0.384. The number of nitro groups is 1. The number of hydrogen-bond donors (Lipinski definition) is 1. The van der Waals surface area contributed by atoms with Gasteiger partial charge in [-0.3, -0.25) is 10.1 Å². The molecule has 6 heteroatoms. The number of nitrogens with one attached hydrogen (secondary N) is 1. The maximum atomic E-state index is 10.8. The Hall–Kier alpha value is -1.27. The van der Waals surface area contributed by atoms with Gasteiger partial charge in [-0.25, -0.2) is 0 Å². The normalized spacial score (nSPS) is 16.1. The van der Waals surface area contributed by atoms with Crippen LogP contribution in [0.15, 0.2) is 18.2 Å². The molecule has 0 spiro atoms. The lowest BCUT2D eigenvalue weighted by atomic mass is 10.0. The minimum atomic E-state index is -0.374. The van der Waals surface area contributed by atoms with E-state index in [1.807, 2.05) is 11.8 Å². The maximum Gasteiger partial charge on any atom is 0.270 e. The number of benzene rings is 1. The molecule has 2 rings (SSSR count). The Morgan fingerprint density at radius 2 is 2.20 bits per heavy atom. The Balaban J connectivity index is 1.93. The Bertz CT molecular complexity index is 462. The summed E-state index contributed by atoms with van der Waals surface area (Å²) in [4.78, 5) is 10.4. The van der Waals surface area contributed by atoms with Gasteiger partial charge in [0, 0.05) is 24.2 Å². The van der Waals surface area contributed by atoms with Crippen molar-refractivity contribution in [1.82, 2.24) is 5.32 Å². The van der Waals surface area contributed by atoms with Crippen molar-refractivity contribution in [3.05, 3.63) is 33.9 Å². The zero-order valence-electron chi connectivity index (χ0n) is 11.6. The van der Waals surface area contributed by atoms with Crippen LogP contribution in [0.5, 0.6) is 5.75 Å². The highest BCUT2D eigenvalue weighted by Gasteiger charge is 2.14. The van der Waals surface area contributed by atoms with Crippen LogP contribution in [-0.2, 0) is 6.54 Å². The average molecular weight is 296 g/mol. The van der Waals surface area contributed by atoms with E-state index in [0.717, 1.165) is 18.0 Å². The van der Waals surface area contributed by atoms with E-state index in [2.05, 4.69) is 5.32 Å². The molecule has 0 bridgehead atoms. The van der Waals surface area contributed by atoms with E-state index in [1.54, 1.807) is 19.2 Å². The third kappa shape index (κ3) is 4.11. The molecule has 0 unspecified atom stereocenters. The Kier molecular flexibility index (Phi) is 5.67. The van der Waals surface area contributed by atoms with E-state index in [1.165, 1.54) is 30.4 Å². The molecule has 1 aromatic rings. The predicted octanol–water partition coefficient (Wildman–Crippen LogP) is 2.84. The molecule has 5 nitrogen and oxygen atoms in total. The molecule has 1 fully saturated rings. The van der Waals surface area contributed by atoms with Crippen molar-refractivity contribution in [2.24, 2.45) is 5.92 Å². The molecule has 0 atom stereocenters. The molecule has 1 aliphatic heterocycles. The molecule has 0 saturated carbocycles. The molecule has 1 aromatic carbocycles. The molecule has 20 heavy (non-hydrogen) atoms. The lowest BCUT2D eigenvalue weighted by Crippen LogP contribution is -2.25. The number of methoxy groups -OCH3 is 1. The Morgan fingerprint density at radius 3 is 2.85 bits per heavy atom. The van der Waals surface area contributed by atoms with Gasteiger partial charge in [-0.05, 0) is 42.9 Å². The van der Waals surface area contributed by atoms with E-state index in [-0.39, 0.29) is 10.6 Å². The largest absolute Gasteiger partial charge is 0.496 e. The molecule has 1 N–H and O–H groups in total. The van der Waals surface area contributed by atoms with Gasteiger partial charge in [0.25, 0.3) is 5.69 Å². The van der Waals surface area contributed by atoms with Gasteiger partial charge >= 0.3 is 0 Å². The summed E-state index contributed by atoms with van der Waals surface area (Å²) < 4.78 is 5.26. The quantitative estimate of drug-likeness (QED) is 0.646. The van der Waals surface area contributed by atoms with Gasteiger partial charge in [-0.2, -0.15) is 11.8 Å². The summed E-state index contributed by atoms with van der Waals surface area (Å²) in [5, 5.41) is 14.2. The van der Waals surface area contributed by atoms with Crippen LogP contribution in [0.1, 0.15) is 18.4 Å². The smallest absolute Gasteiger partial charge is 0.270 e. The number of hydrogen-bond acceptors (Lipinski definition) is 5. The molecule has 1 heterocycles. The Morgan fingerprint density at radius 1 is 1.45 bits per heavy atom. The second-order valence-corrected chi connectivity index (χ2v) is 6.16. The van der Waals surface area contributed by atoms with Crippen molar-refractivity contribution in [3.63, 3.8) is 0 Å². The zero-order valence-corrected chi connectivity index (χ0v) is 12.4. The van der Waals surface area contributed by atoms with Crippen LogP contribution >= 0.6 is 11.8 Å². The number of thioether (sulfide) groups is 1. The molecule has 0 aliphatic carbocycles. The van der Waals surface area contributed by atoms with Gasteiger partial charge in [0.1, 0.15) is 5.75 Å². The first-order valence-corrected chi connectivity index (χ1v) is 7.96. The minimum Gasteiger partial charge on any atom is -0.496 e. The molecule has 0 aromatic heterocycles. The monoisotopic (exact) mass is 296 g/mol. The second kappa shape index (κ2) is 7.50. The minimum absolute atomic E-state index is 0.108. The Labute approximate surface area is 123 Å². The molecular weight excluding hydrogens is 276 g/mol. The van der Waals surface area contributed by atoms with Gasteiger partial charge in [0.2, 0.25) is 0 Å². The fraction of sp³-hybridized carbons (Fsp3) is 0.571. The zero-order chi connectivity index (χ0) is 14.4. The van der Waals surface area contributed by atoms with Crippen molar-refractivity contribution in [3.8, 4) is 5.75 Å². The number of nitro benzene ring substituents is 1. The van der Waals surface area contributed by atoms with E-state index in [4.69, 9.17) is 4.74 Å². The summed E-state index contributed by atoms with van der Waals surface area (Å²) in [5.74, 6) is 3.90. The van der Waals surface area contributed by atoms with Crippen molar-refractivity contribution >= 4 is 17.4 Å². The van der Waals surface area contributed by atoms with Crippen LogP contribution in [-0.4, -0.2) is 30.1 Å². The summed E-state index contributed by atoms with van der Waals surface area (Å²) in [7, 11) is 1.59. The standard InChI is InChI=1S/C14H20N2O3S/c1-19-14-3-2-13(16(17)18)8-12(14)10-15-9-11-4-6-20-7-5-11/h2-3,8,11,15H,4-7,9-10H2,1H3. The number of ether oxygens (including phenoxy) is 1. The molecular formula is C14H20N2O3S. The van der Waals surface area contributed by atoms with Crippen molar-refractivity contribution in [1.29, 1.82) is 0 Å². The van der Waals surface area contributed by atoms with Crippen LogP contribution < -0.4 is 10.1 Å². The maximum absolute atomic E-state index is 10.8. The average Bonchev–Trinajstić information content (AvgIpc) is 2.48. The van der Waals surface area contributed by atoms with E-state index in [9.17, 15) is 10.1 Å². The summed E-state index contributed by atoms with van der Waals surface area (Å²) in [5.41, 5.74) is 0.948. The van der Waals surface area contributed by atoms with Crippen LogP contribution in [0.4, 0.5) is 5.69 Å². The van der Waals surface area contributed by atoms with Gasteiger partial charge in [-0.15, -0.1) is 0 Å². The van der Waals surface area contributed by atoms with Crippen molar-refractivity contribution in [2.75, 3.05) is 25.2 Å². The number of nitrogens with zero attached hydrogens (tertiary/aromatic N) is 1. The first kappa shape index (κ1) is 15.1. The SMILES string of the molecule is COc1ccc([N+](=O)[O-])cc1CNCC1CCSCC1. The molecule has 1 aliphatic rings. The summed E-state index contributed by atoms with van der Waals surface area (Å²) in [6, 6.07) is 4.72. The summed E-state index contributed by atoms with van der Waals surface area (Å²) in [6.07, 6.45) is 2.51. The highest BCUT2D eigenvalue weighted by Crippen LogP contribution is 2.25. The van der Waals surface area contributed by atoms with Gasteiger partial charge in [0.15, 0.2) is 0 Å². The number of rotatable bonds is 6. The summed E-state index contributed by atoms with van der Waals surface area (Å²) >= 11 is 2.02. The van der Waals surface area contributed by atoms with Crippen molar-refractivity contribution in [2.45, 2.75) is 19.4 Å². The van der Waals surface area contributed by atoms with Crippen LogP contribution in [0.25, 0.3) is 0 Å². The van der Waals surface area contributed by atoms with E-state index < -0.39 is 0 Å². The van der Waals surface area contributed by atoms with Crippen LogP contribution in [0.3, 0.4) is 0 Å². The molecule has 110 valence electrons. The van der Waals surface area contributed by atoms with Gasteiger partial charge < -0.3 is 10.1 Å².